The summed E-state index contributed by atoms with van der Waals surface area (Å²) in [5.41, 5.74) is 4.24. The number of carbonyl (C=O) groups is 2. The summed E-state index contributed by atoms with van der Waals surface area (Å²) in [5.74, 6) is -0.0563. The zero-order valence-electron chi connectivity index (χ0n) is 14.6. The van der Waals surface area contributed by atoms with Crippen molar-refractivity contribution in [3.63, 3.8) is 0 Å². The van der Waals surface area contributed by atoms with E-state index < -0.39 is 0 Å². The number of imide groups is 1. The van der Waals surface area contributed by atoms with E-state index in [2.05, 4.69) is 31.8 Å². The van der Waals surface area contributed by atoms with E-state index in [0.29, 0.717) is 6.54 Å². The lowest BCUT2D eigenvalue weighted by molar-refractivity contribution is -0.140. The minimum Gasteiger partial charge on any atom is -0.278 e. The molecule has 1 aromatic rings. The Morgan fingerprint density at radius 3 is 2.38 bits per heavy atom. The summed E-state index contributed by atoms with van der Waals surface area (Å²) in [6.45, 7) is 6.79. The highest BCUT2D eigenvalue weighted by Gasteiger charge is 2.48. The summed E-state index contributed by atoms with van der Waals surface area (Å²) in [6.07, 6.45) is 3.88. The molecular weight excluding hydrogens is 300 g/mol. The van der Waals surface area contributed by atoms with Crippen molar-refractivity contribution in [2.24, 2.45) is 16.8 Å². The summed E-state index contributed by atoms with van der Waals surface area (Å²) in [7, 11) is 0. The van der Waals surface area contributed by atoms with Gasteiger partial charge >= 0.3 is 0 Å². The van der Waals surface area contributed by atoms with Gasteiger partial charge in [-0.1, -0.05) is 38.8 Å². The second kappa shape index (κ2) is 5.27. The third-order valence-electron chi connectivity index (χ3n) is 6.20. The number of amides is 2. The molecule has 126 valence electrons. The number of rotatable bonds is 2. The smallest absolute Gasteiger partial charge is 0.233 e. The molecule has 2 amide bonds. The molecule has 2 fully saturated rings. The van der Waals surface area contributed by atoms with Gasteiger partial charge in [0.2, 0.25) is 11.8 Å². The van der Waals surface area contributed by atoms with Crippen LogP contribution in [0.2, 0.25) is 0 Å². The Labute approximate surface area is 143 Å². The van der Waals surface area contributed by atoms with Crippen LogP contribution in [0.3, 0.4) is 0 Å². The quantitative estimate of drug-likeness (QED) is 0.778. The van der Waals surface area contributed by atoms with Gasteiger partial charge in [-0.25, -0.2) is 0 Å². The highest BCUT2D eigenvalue weighted by atomic mass is 16.2. The van der Waals surface area contributed by atoms with Gasteiger partial charge < -0.3 is 0 Å². The lowest BCUT2D eigenvalue weighted by Crippen LogP contribution is -2.30. The Kier molecular flexibility index (Phi) is 3.41. The first-order valence-corrected chi connectivity index (χ1v) is 8.94. The molecule has 2 aliphatic heterocycles. The third kappa shape index (κ3) is 2.15. The lowest BCUT2D eigenvalue weighted by atomic mass is 9.81. The Balaban J connectivity index is 1.60. The van der Waals surface area contributed by atoms with E-state index >= 15 is 0 Å². The summed E-state index contributed by atoms with van der Waals surface area (Å²) in [5, 5.41) is 0. The number of fused-ring (bicyclic) bond motifs is 2. The van der Waals surface area contributed by atoms with Gasteiger partial charge in [-0.05, 0) is 37.0 Å². The van der Waals surface area contributed by atoms with E-state index in [1.165, 1.54) is 10.5 Å². The average Bonchev–Trinajstić information content (AvgIpc) is 2.94. The van der Waals surface area contributed by atoms with Crippen LogP contribution in [0.4, 0.5) is 5.69 Å². The van der Waals surface area contributed by atoms with Gasteiger partial charge in [0.05, 0.1) is 24.1 Å². The molecule has 0 bridgehead atoms. The van der Waals surface area contributed by atoms with Crippen LogP contribution in [0.25, 0.3) is 0 Å². The van der Waals surface area contributed by atoms with Crippen LogP contribution in [0.5, 0.6) is 0 Å². The minimum absolute atomic E-state index is 0.0388. The highest BCUT2D eigenvalue weighted by Crippen LogP contribution is 2.42. The Morgan fingerprint density at radius 1 is 1.12 bits per heavy atom. The van der Waals surface area contributed by atoms with E-state index in [0.717, 1.165) is 42.6 Å². The van der Waals surface area contributed by atoms with Crippen molar-refractivity contribution in [2.75, 3.05) is 0 Å². The molecule has 24 heavy (non-hydrogen) atoms. The van der Waals surface area contributed by atoms with Gasteiger partial charge in [-0.3, -0.25) is 19.5 Å². The van der Waals surface area contributed by atoms with Crippen LogP contribution < -0.4 is 0 Å². The number of benzene rings is 1. The van der Waals surface area contributed by atoms with Crippen LogP contribution in [0.1, 0.15) is 57.6 Å². The van der Waals surface area contributed by atoms with Gasteiger partial charge in [-0.15, -0.1) is 0 Å². The summed E-state index contributed by atoms with van der Waals surface area (Å²) < 4.78 is 0. The van der Waals surface area contributed by atoms with Crippen molar-refractivity contribution < 1.29 is 9.59 Å². The second-order valence-electron chi connectivity index (χ2n) is 7.93. The van der Waals surface area contributed by atoms with Crippen LogP contribution in [0.15, 0.2) is 23.2 Å². The van der Waals surface area contributed by atoms with Gasteiger partial charge in [0.1, 0.15) is 0 Å². The molecule has 2 heterocycles. The predicted octanol–water partition coefficient (Wildman–Crippen LogP) is 3.75. The fourth-order valence-corrected chi connectivity index (χ4v) is 4.36. The second-order valence-corrected chi connectivity index (χ2v) is 7.93. The van der Waals surface area contributed by atoms with Crippen molar-refractivity contribution >= 4 is 23.2 Å². The fourth-order valence-electron chi connectivity index (χ4n) is 4.36. The van der Waals surface area contributed by atoms with Crippen LogP contribution in [0, 0.1) is 11.8 Å². The molecule has 4 nitrogen and oxygen atoms in total. The Bertz CT molecular complexity index is 739. The first-order chi connectivity index (χ1) is 11.4. The molecular formula is C20H24N2O2. The highest BCUT2D eigenvalue weighted by molar-refractivity contribution is 6.05. The van der Waals surface area contributed by atoms with Crippen LogP contribution >= 0.6 is 0 Å². The van der Waals surface area contributed by atoms with Gasteiger partial charge in [0, 0.05) is 11.1 Å². The zero-order chi connectivity index (χ0) is 17.1. The maximum absolute atomic E-state index is 12.7. The number of carbonyl (C=O) groups excluding carboxylic acids is 2. The van der Waals surface area contributed by atoms with Gasteiger partial charge in [-0.2, -0.15) is 0 Å². The normalized spacial score (nSPS) is 28.0. The molecule has 0 aromatic heterocycles. The van der Waals surface area contributed by atoms with E-state index in [-0.39, 0.29) is 29.1 Å². The van der Waals surface area contributed by atoms with Crippen molar-refractivity contribution in [2.45, 2.75) is 58.4 Å². The molecule has 1 saturated heterocycles. The summed E-state index contributed by atoms with van der Waals surface area (Å²) in [6, 6.07) is 6.14. The molecule has 0 N–H and O–H groups in total. The van der Waals surface area contributed by atoms with E-state index in [4.69, 9.17) is 0 Å². The number of aliphatic imine (C=N–C) groups is 1. The van der Waals surface area contributed by atoms with E-state index in [1.54, 1.807) is 0 Å². The molecule has 0 spiro atoms. The van der Waals surface area contributed by atoms with Crippen molar-refractivity contribution in [1.82, 2.24) is 4.90 Å². The molecule has 1 aromatic carbocycles. The number of nitrogens with zero attached hydrogens (tertiary/aromatic N) is 2. The third-order valence-corrected chi connectivity index (χ3v) is 6.20. The monoisotopic (exact) mass is 324 g/mol. The topological polar surface area (TPSA) is 49.7 Å². The molecule has 0 radical (unpaired) electrons. The van der Waals surface area contributed by atoms with Crippen LogP contribution in [-0.4, -0.2) is 22.4 Å². The molecule has 2 atom stereocenters. The number of hydrogen-bond acceptors (Lipinski definition) is 3. The van der Waals surface area contributed by atoms with Crippen molar-refractivity contribution in [3.8, 4) is 0 Å². The minimum atomic E-state index is -0.0850. The molecule has 2 unspecified atom stereocenters. The van der Waals surface area contributed by atoms with Crippen molar-refractivity contribution in [3.05, 3.63) is 29.3 Å². The average molecular weight is 324 g/mol. The zero-order valence-corrected chi connectivity index (χ0v) is 14.6. The number of hydrogen-bond donors (Lipinski definition) is 0. The van der Waals surface area contributed by atoms with E-state index in [1.807, 2.05) is 12.1 Å². The van der Waals surface area contributed by atoms with Gasteiger partial charge in [0.25, 0.3) is 0 Å². The molecule has 4 heteroatoms. The first-order valence-electron chi connectivity index (χ1n) is 8.94. The largest absolute Gasteiger partial charge is 0.278 e. The van der Waals surface area contributed by atoms with Gasteiger partial charge in [0.15, 0.2) is 0 Å². The molecule has 4 rings (SSSR count). The Hall–Kier alpha value is -1.97. The summed E-state index contributed by atoms with van der Waals surface area (Å²) >= 11 is 0. The molecule has 1 aliphatic carbocycles. The molecule has 3 aliphatic rings. The Morgan fingerprint density at radius 2 is 1.75 bits per heavy atom. The molecule has 1 saturated carbocycles. The standard InChI is InChI=1S/C20H24N2O2/c1-12-20(2,3)16-10-13(8-9-17(16)21-12)11-22-18(23)14-6-4-5-7-15(14)19(22)24/h8-10,14-15H,4-7,11H2,1-3H3. The van der Waals surface area contributed by atoms with Crippen LogP contribution in [-0.2, 0) is 21.5 Å². The SMILES string of the molecule is CC1=Nc2ccc(CN3C(=O)C4CCCCC4C3=O)cc2C1(C)C. The maximum atomic E-state index is 12.7. The lowest BCUT2D eigenvalue weighted by Gasteiger charge is -2.21. The van der Waals surface area contributed by atoms with E-state index in [9.17, 15) is 9.59 Å². The fraction of sp³-hybridized carbons (Fsp3) is 0.550. The summed E-state index contributed by atoms with van der Waals surface area (Å²) in [4.78, 5) is 31.4. The van der Waals surface area contributed by atoms with Crippen molar-refractivity contribution in [1.29, 1.82) is 0 Å². The first kappa shape index (κ1) is 15.6. The predicted molar refractivity (Wildman–Crippen MR) is 93.2 cm³/mol. The maximum Gasteiger partial charge on any atom is 0.233 e. The number of likely N-dealkylation sites (tertiary alicyclic amines) is 1.